The molecule has 1 aromatic heterocycles. The average Bonchev–Trinajstić information content (AvgIpc) is 2.96. The van der Waals surface area contributed by atoms with Crippen molar-refractivity contribution in [3.8, 4) is 5.88 Å². The van der Waals surface area contributed by atoms with Gasteiger partial charge in [0.1, 0.15) is 6.10 Å². The van der Waals surface area contributed by atoms with E-state index in [0.717, 1.165) is 24.1 Å². The minimum atomic E-state index is -0.388. The Hall–Kier alpha value is -1.11. The SMILES string of the molecule is Cc1cc(O[C@@H]2CCOC2)ncc1B1OC(C)(C)C(C)(C)O1. The zero-order valence-electron chi connectivity index (χ0n) is 14.0. The van der Waals surface area contributed by atoms with E-state index in [0.29, 0.717) is 12.5 Å². The quantitative estimate of drug-likeness (QED) is 0.798. The van der Waals surface area contributed by atoms with Crippen LogP contribution in [-0.4, -0.2) is 42.6 Å². The van der Waals surface area contributed by atoms with Gasteiger partial charge in [0, 0.05) is 24.1 Å². The van der Waals surface area contributed by atoms with Crippen LogP contribution in [0.3, 0.4) is 0 Å². The zero-order valence-corrected chi connectivity index (χ0v) is 14.0. The van der Waals surface area contributed by atoms with Gasteiger partial charge in [0.15, 0.2) is 0 Å². The molecule has 0 amide bonds. The van der Waals surface area contributed by atoms with E-state index in [-0.39, 0.29) is 24.4 Å². The summed E-state index contributed by atoms with van der Waals surface area (Å²) in [6.45, 7) is 11.6. The van der Waals surface area contributed by atoms with E-state index in [2.05, 4.69) is 4.98 Å². The monoisotopic (exact) mass is 305 g/mol. The molecule has 2 aliphatic heterocycles. The molecule has 22 heavy (non-hydrogen) atoms. The van der Waals surface area contributed by atoms with Gasteiger partial charge in [-0.2, -0.15) is 0 Å². The van der Waals surface area contributed by atoms with Crippen LogP contribution in [-0.2, 0) is 14.0 Å². The number of aromatic nitrogens is 1. The number of hydrogen-bond donors (Lipinski definition) is 0. The average molecular weight is 305 g/mol. The van der Waals surface area contributed by atoms with Crippen LogP contribution < -0.4 is 10.2 Å². The third kappa shape index (κ3) is 2.87. The molecule has 0 unspecified atom stereocenters. The van der Waals surface area contributed by atoms with E-state index in [1.54, 1.807) is 6.20 Å². The molecule has 0 bridgehead atoms. The number of aryl methyl sites for hydroxylation is 1. The first kappa shape index (κ1) is 15.8. The predicted octanol–water partition coefficient (Wildman–Crippen LogP) is 1.86. The highest BCUT2D eigenvalue weighted by Crippen LogP contribution is 2.36. The molecule has 5 nitrogen and oxygen atoms in total. The Morgan fingerprint density at radius 1 is 1.23 bits per heavy atom. The van der Waals surface area contributed by atoms with Crippen LogP contribution in [0.15, 0.2) is 12.3 Å². The van der Waals surface area contributed by atoms with Gasteiger partial charge >= 0.3 is 7.12 Å². The summed E-state index contributed by atoms with van der Waals surface area (Å²) >= 11 is 0. The van der Waals surface area contributed by atoms with Crippen LogP contribution in [0, 0.1) is 6.92 Å². The van der Waals surface area contributed by atoms with E-state index in [9.17, 15) is 0 Å². The maximum Gasteiger partial charge on any atom is 0.496 e. The number of pyridine rings is 1. The summed E-state index contributed by atoms with van der Waals surface area (Å²) in [7, 11) is -0.388. The van der Waals surface area contributed by atoms with Crippen molar-refractivity contribution in [3.63, 3.8) is 0 Å². The first-order chi connectivity index (χ1) is 10.3. The molecule has 0 aromatic carbocycles. The lowest BCUT2D eigenvalue weighted by atomic mass is 9.77. The van der Waals surface area contributed by atoms with Crippen molar-refractivity contribution in [1.82, 2.24) is 4.98 Å². The minimum Gasteiger partial charge on any atom is -0.472 e. The second-order valence-electron chi connectivity index (χ2n) is 7.07. The summed E-state index contributed by atoms with van der Waals surface area (Å²) in [5.74, 6) is 0.633. The van der Waals surface area contributed by atoms with Gasteiger partial charge in [-0.3, -0.25) is 0 Å². The third-order valence-corrected chi connectivity index (χ3v) is 4.81. The largest absolute Gasteiger partial charge is 0.496 e. The molecule has 3 heterocycles. The van der Waals surface area contributed by atoms with Crippen molar-refractivity contribution in [2.75, 3.05) is 13.2 Å². The van der Waals surface area contributed by atoms with Crippen LogP contribution in [0.1, 0.15) is 39.7 Å². The van der Waals surface area contributed by atoms with Gasteiger partial charge in [-0.1, -0.05) is 0 Å². The number of nitrogens with zero attached hydrogens (tertiary/aromatic N) is 1. The second kappa shape index (κ2) is 5.51. The van der Waals surface area contributed by atoms with Gasteiger partial charge in [-0.25, -0.2) is 4.98 Å². The lowest BCUT2D eigenvalue weighted by Crippen LogP contribution is -2.41. The summed E-state index contributed by atoms with van der Waals surface area (Å²) in [5.41, 5.74) is 1.32. The Labute approximate surface area is 132 Å². The first-order valence-electron chi connectivity index (χ1n) is 7.85. The maximum atomic E-state index is 6.08. The van der Waals surface area contributed by atoms with Crippen LogP contribution in [0.5, 0.6) is 5.88 Å². The van der Waals surface area contributed by atoms with E-state index >= 15 is 0 Å². The molecular formula is C16H24BNO4. The van der Waals surface area contributed by atoms with Crippen molar-refractivity contribution in [1.29, 1.82) is 0 Å². The van der Waals surface area contributed by atoms with Crippen molar-refractivity contribution in [2.24, 2.45) is 0 Å². The highest BCUT2D eigenvalue weighted by molar-refractivity contribution is 6.62. The van der Waals surface area contributed by atoms with Crippen LogP contribution in [0.2, 0.25) is 0 Å². The van der Waals surface area contributed by atoms with Crippen molar-refractivity contribution in [2.45, 2.75) is 58.3 Å². The molecule has 2 aliphatic rings. The molecule has 2 saturated heterocycles. The fourth-order valence-electron chi connectivity index (χ4n) is 2.60. The molecule has 1 aromatic rings. The van der Waals surface area contributed by atoms with Crippen molar-refractivity contribution in [3.05, 3.63) is 17.8 Å². The fraction of sp³-hybridized carbons (Fsp3) is 0.688. The maximum absolute atomic E-state index is 6.08. The second-order valence-corrected chi connectivity index (χ2v) is 7.07. The van der Waals surface area contributed by atoms with E-state index < -0.39 is 0 Å². The lowest BCUT2D eigenvalue weighted by Gasteiger charge is -2.32. The van der Waals surface area contributed by atoms with Gasteiger partial charge in [0.25, 0.3) is 0 Å². The summed E-state index contributed by atoms with van der Waals surface area (Å²) < 4.78 is 23.3. The van der Waals surface area contributed by atoms with E-state index in [1.165, 1.54) is 0 Å². The normalized spacial score (nSPS) is 26.4. The van der Waals surface area contributed by atoms with E-state index in [4.69, 9.17) is 18.8 Å². The molecule has 120 valence electrons. The van der Waals surface area contributed by atoms with Gasteiger partial charge in [-0.15, -0.1) is 0 Å². The topological polar surface area (TPSA) is 49.8 Å². The lowest BCUT2D eigenvalue weighted by molar-refractivity contribution is 0.00578. The number of ether oxygens (including phenoxy) is 2. The summed E-state index contributed by atoms with van der Waals surface area (Å²) in [4.78, 5) is 4.41. The Morgan fingerprint density at radius 2 is 1.91 bits per heavy atom. The molecule has 3 rings (SSSR count). The minimum absolute atomic E-state index is 0.106. The Balaban J connectivity index is 1.75. The Morgan fingerprint density at radius 3 is 2.45 bits per heavy atom. The molecule has 0 aliphatic carbocycles. The van der Waals surface area contributed by atoms with Crippen molar-refractivity contribution >= 4 is 12.6 Å². The molecule has 2 fully saturated rings. The summed E-state index contributed by atoms with van der Waals surface area (Å²) in [6.07, 6.45) is 2.82. The Bertz CT molecular complexity index is 539. The molecule has 0 spiro atoms. The predicted molar refractivity (Wildman–Crippen MR) is 84.5 cm³/mol. The highest BCUT2D eigenvalue weighted by atomic mass is 16.7. The molecule has 0 radical (unpaired) electrons. The van der Waals surface area contributed by atoms with Gasteiger partial charge < -0.3 is 18.8 Å². The first-order valence-corrected chi connectivity index (χ1v) is 7.85. The summed E-state index contributed by atoms with van der Waals surface area (Å²) in [6, 6.07) is 1.94. The molecule has 6 heteroatoms. The van der Waals surface area contributed by atoms with Gasteiger partial charge in [0.05, 0.1) is 24.4 Å². The van der Waals surface area contributed by atoms with Crippen molar-refractivity contribution < 1.29 is 18.8 Å². The third-order valence-electron chi connectivity index (χ3n) is 4.81. The standard InChI is InChI=1S/C16H24BNO4/c1-11-8-14(20-12-6-7-19-10-12)18-9-13(11)17-21-15(2,3)16(4,5)22-17/h8-9,12H,6-7,10H2,1-5H3/t12-/m1/s1. The molecule has 0 N–H and O–H groups in total. The van der Waals surface area contributed by atoms with Gasteiger partial charge in [-0.05, 0) is 40.2 Å². The highest BCUT2D eigenvalue weighted by Gasteiger charge is 2.52. The fourth-order valence-corrected chi connectivity index (χ4v) is 2.60. The molecule has 1 atom stereocenters. The number of hydrogen-bond acceptors (Lipinski definition) is 5. The summed E-state index contributed by atoms with van der Waals surface area (Å²) in [5, 5.41) is 0. The Kier molecular flexibility index (Phi) is 3.95. The molecule has 0 saturated carbocycles. The smallest absolute Gasteiger partial charge is 0.472 e. The molecular weight excluding hydrogens is 281 g/mol. The van der Waals surface area contributed by atoms with Crippen LogP contribution in [0.4, 0.5) is 0 Å². The number of rotatable bonds is 3. The van der Waals surface area contributed by atoms with Crippen LogP contribution in [0.25, 0.3) is 0 Å². The zero-order chi connectivity index (χ0) is 16.0. The van der Waals surface area contributed by atoms with E-state index in [1.807, 2.05) is 40.7 Å². The van der Waals surface area contributed by atoms with Crippen LogP contribution >= 0.6 is 0 Å². The van der Waals surface area contributed by atoms with Gasteiger partial charge in [0.2, 0.25) is 5.88 Å².